The number of imide groups is 1. The molecule has 0 aromatic heterocycles. The number of benzene rings is 3. The molecule has 1 heterocycles. The predicted molar refractivity (Wildman–Crippen MR) is 150 cm³/mol. The van der Waals surface area contributed by atoms with E-state index in [1.807, 2.05) is 60.7 Å². The molecular weight excluding hydrogens is 530 g/mol. The van der Waals surface area contributed by atoms with Gasteiger partial charge < -0.3 is 14.2 Å². The molecule has 7 nitrogen and oxygen atoms in total. The van der Waals surface area contributed by atoms with Gasteiger partial charge in [-0.15, -0.1) is 0 Å². The SMILES string of the molecule is COC(=O)c1cc(N2C(=O)[C@H]3[C@H](C2=O)[C@H]2C=C[C@H]3C2=C(c2ccc(OC)cc2)c2ccc(OC)cc2)ccc1Cl. The summed E-state index contributed by atoms with van der Waals surface area (Å²) >= 11 is 6.19. The van der Waals surface area contributed by atoms with Gasteiger partial charge in [-0.1, -0.05) is 48.0 Å². The Morgan fingerprint density at radius 3 is 1.70 bits per heavy atom. The molecule has 0 N–H and O–H groups in total. The number of halogens is 1. The van der Waals surface area contributed by atoms with Gasteiger partial charge in [0.15, 0.2) is 0 Å². The first kappa shape index (κ1) is 25.9. The lowest BCUT2D eigenvalue weighted by Gasteiger charge is -2.22. The van der Waals surface area contributed by atoms with Gasteiger partial charge in [-0.2, -0.15) is 0 Å². The molecule has 202 valence electrons. The van der Waals surface area contributed by atoms with Gasteiger partial charge >= 0.3 is 5.97 Å². The third kappa shape index (κ3) is 3.92. The van der Waals surface area contributed by atoms with E-state index in [2.05, 4.69) is 0 Å². The lowest BCUT2D eigenvalue weighted by atomic mass is 9.85. The number of nitrogens with zero attached hydrogens (tertiary/aromatic N) is 1. The molecular formula is C32H26ClNO6. The number of methoxy groups -OCH3 is 3. The van der Waals surface area contributed by atoms with Gasteiger partial charge in [0.2, 0.25) is 11.8 Å². The first-order valence-electron chi connectivity index (χ1n) is 12.8. The van der Waals surface area contributed by atoms with E-state index in [0.717, 1.165) is 33.8 Å². The number of rotatable bonds is 6. The van der Waals surface area contributed by atoms with Gasteiger partial charge in [0.25, 0.3) is 0 Å². The Labute approximate surface area is 236 Å². The number of hydrogen-bond donors (Lipinski definition) is 0. The molecule has 2 aliphatic carbocycles. The molecule has 1 saturated heterocycles. The lowest BCUT2D eigenvalue weighted by Crippen LogP contribution is -2.33. The molecule has 1 aliphatic heterocycles. The van der Waals surface area contributed by atoms with Gasteiger partial charge in [-0.3, -0.25) is 9.59 Å². The maximum absolute atomic E-state index is 13.9. The van der Waals surface area contributed by atoms with Crippen molar-refractivity contribution in [3.63, 3.8) is 0 Å². The second-order valence-corrected chi connectivity index (χ2v) is 10.4. The topological polar surface area (TPSA) is 82.1 Å². The monoisotopic (exact) mass is 555 g/mol. The Balaban J connectivity index is 1.44. The molecule has 3 aromatic carbocycles. The molecule has 3 aromatic rings. The lowest BCUT2D eigenvalue weighted by molar-refractivity contribution is -0.122. The highest BCUT2D eigenvalue weighted by atomic mass is 35.5. The number of fused-ring (bicyclic) bond motifs is 5. The van der Waals surface area contributed by atoms with Gasteiger partial charge in [0.05, 0.1) is 49.4 Å². The molecule has 1 saturated carbocycles. The van der Waals surface area contributed by atoms with Crippen LogP contribution in [0, 0.1) is 23.7 Å². The third-order valence-electron chi connectivity index (χ3n) is 8.08. The van der Waals surface area contributed by atoms with Crippen molar-refractivity contribution < 1.29 is 28.6 Å². The zero-order valence-electron chi connectivity index (χ0n) is 22.1. The number of carbonyl (C=O) groups is 3. The molecule has 0 unspecified atom stereocenters. The number of allylic oxidation sites excluding steroid dienone is 3. The molecule has 4 atom stereocenters. The zero-order chi connectivity index (χ0) is 28.1. The first-order valence-corrected chi connectivity index (χ1v) is 13.2. The summed E-state index contributed by atoms with van der Waals surface area (Å²) in [7, 11) is 4.50. The number of ether oxygens (including phenoxy) is 3. The molecule has 2 amide bonds. The Hall–Kier alpha value is -4.36. The van der Waals surface area contributed by atoms with Gasteiger partial charge in [-0.05, 0) is 64.7 Å². The quantitative estimate of drug-likeness (QED) is 0.225. The summed E-state index contributed by atoms with van der Waals surface area (Å²) < 4.78 is 15.6. The van der Waals surface area contributed by atoms with Crippen LogP contribution in [-0.4, -0.2) is 39.1 Å². The second kappa shape index (κ2) is 9.99. The van der Waals surface area contributed by atoms with Crippen molar-refractivity contribution in [2.45, 2.75) is 0 Å². The van der Waals surface area contributed by atoms with E-state index < -0.39 is 17.8 Å². The van der Waals surface area contributed by atoms with E-state index in [-0.39, 0.29) is 34.2 Å². The summed E-state index contributed by atoms with van der Waals surface area (Å²) in [6.07, 6.45) is 4.09. The molecule has 2 fully saturated rings. The highest BCUT2D eigenvalue weighted by molar-refractivity contribution is 6.34. The van der Waals surface area contributed by atoms with E-state index in [4.69, 9.17) is 25.8 Å². The normalized spacial score (nSPS) is 22.5. The van der Waals surface area contributed by atoms with E-state index in [1.165, 1.54) is 24.1 Å². The van der Waals surface area contributed by atoms with Gasteiger partial charge in [-0.25, -0.2) is 9.69 Å². The number of hydrogen-bond acceptors (Lipinski definition) is 6. The predicted octanol–water partition coefficient (Wildman–Crippen LogP) is 5.57. The summed E-state index contributed by atoms with van der Waals surface area (Å²) in [5.41, 5.74) is 4.39. The minimum Gasteiger partial charge on any atom is -0.497 e. The standard InChI is InChI=1S/C32H26ClNO6/c1-38-20-9-4-17(5-10-20)26(18-6-11-21(39-2)12-7-18)27-22-13-14-23(27)29-28(22)30(35)34(31(29)36)19-8-15-25(33)24(16-19)32(37)40-3/h4-16,22-23,28-29H,1-3H3/t22-,23-,28+,29+/m0/s1. The summed E-state index contributed by atoms with van der Waals surface area (Å²) in [6, 6.07) is 20.1. The molecule has 2 bridgehead atoms. The number of esters is 1. The van der Waals surface area contributed by atoms with Crippen molar-refractivity contribution in [1.82, 2.24) is 0 Å². The Morgan fingerprint density at radius 1 is 0.750 bits per heavy atom. The summed E-state index contributed by atoms with van der Waals surface area (Å²) in [6.45, 7) is 0. The average Bonchev–Trinajstić information content (AvgIpc) is 3.62. The Kier molecular flexibility index (Phi) is 6.47. The van der Waals surface area contributed by atoms with Crippen LogP contribution in [0.1, 0.15) is 21.5 Å². The van der Waals surface area contributed by atoms with Crippen molar-refractivity contribution in [1.29, 1.82) is 0 Å². The van der Waals surface area contributed by atoms with Crippen LogP contribution in [0.15, 0.2) is 84.5 Å². The van der Waals surface area contributed by atoms with Crippen molar-refractivity contribution in [3.8, 4) is 11.5 Å². The van der Waals surface area contributed by atoms with Gasteiger partial charge in [0, 0.05) is 11.8 Å². The van der Waals surface area contributed by atoms with E-state index in [0.29, 0.717) is 5.69 Å². The minimum atomic E-state index is -0.637. The molecule has 0 spiro atoms. The third-order valence-corrected chi connectivity index (χ3v) is 8.40. The van der Waals surface area contributed by atoms with Crippen LogP contribution in [0.3, 0.4) is 0 Å². The molecule has 8 heteroatoms. The van der Waals surface area contributed by atoms with Crippen molar-refractivity contribution in [2.24, 2.45) is 23.7 Å². The van der Waals surface area contributed by atoms with Crippen LogP contribution in [0.25, 0.3) is 5.57 Å². The van der Waals surface area contributed by atoms with E-state index >= 15 is 0 Å². The number of anilines is 1. The largest absolute Gasteiger partial charge is 0.497 e. The smallest absolute Gasteiger partial charge is 0.339 e. The number of carbonyl (C=O) groups excluding carboxylic acids is 3. The van der Waals surface area contributed by atoms with Gasteiger partial charge in [0.1, 0.15) is 11.5 Å². The van der Waals surface area contributed by atoms with Crippen LogP contribution in [0.2, 0.25) is 5.02 Å². The average molecular weight is 556 g/mol. The second-order valence-electron chi connectivity index (χ2n) is 9.94. The molecule has 40 heavy (non-hydrogen) atoms. The summed E-state index contributed by atoms with van der Waals surface area (Å²) in [5, 5.41) is 0.186. The van der Waals surface area contributed by atoms with Crippen molar-refractivity contribution >= 4 is 40.6 Å². The zero-order valence-corrected chi connectivity index (χ0v) is 22.8. The number of amides is 2. The molecule has 6 rings (SSSR count). The Morgan fingerprint density at radius 2 is 1.25 bits per heavy atom. The minimum absolute atomic E-state index is 0.0994. The maximum atomic E-state index is 13.9. The van der Waals surface area contributed by atoms with Crippen LogP contribution < -0.4 is 14.4 Å². The summed E-state index contributed by atoms with van der Waals surface area (Å²) in [4.78, 5) is 41.2. The first-order chi connectivity index (χ1) is 19.4. The van der Waals surface area contributed by atoms with Crippen LogP contribution in [-0.2, 0) is 14.3 Å². The highest BCUT2D eigenvalue weighted by Crippen LogP contribution is 2.59. The molecule has 3 aliphatic rings. The fourth-order valence-electron chi connectivity index (χ4n) is 6.29. The van der Waals surface area contributed by atoms with E-state index in [9.17, 15) is 14.4 Å². The van der Waals surface area contributed by atoms with E-state index in [1.54, 1.807) is 20.3 Å². The van der Waals surface area contributed by atoms with Crippen molar-refractivity contribution in [2.75, 3.05) is 26.2 Å². The fourth-order valence-corrected chi connectivity index (χ4v) is 6.48. The summed E-state index contributed by atoms with van der Waals surface area (Å²) in [5.74, 6) is -1.31. The van der Waals surface area contributed by atoms with Crippen LogP contribution in [0.5, 0.6) is 11.5 Å². The maximum Gasteiger partial charge on any atom is 0.339 e. The van der Waals surface area contributed by atoms with Crippen LogP contribution >= 0.6 is 11.6 Å². The van der Waals surface area contributed by atoms with Crippen molar-refractivity contribution in [3.05, 3.63) is 106 Å². The molecule has 0 radical (unpaired) electrons. The fraction of sp³-hybridized carbons (Fsp3) is 0.219. The Bertz CT molecular complexity index is 1510. The highest BCUT2D eigenvalue weighted by Gasteiger charge is 2.62. The van der Waals surface area contributed by atoms with Crippen LogP contribution in [0.4, 0.5) is 5.69 Å².